The van der Waals surface area contributed by atoms with E-state index in [1.165, 1.54) is 0 Å². The Morgan fingerprint density at radius 2 is 2.46 bits per heavy atom. The molecule has 1 aromatic rings. The number of rotatable bonds is 3. The van der Waals surface area contributed by atoms with Crippen molar-refractivity contribution < 1.29 is 9.53 Å². The van der Waals surface area contributed by atoms with Gasteiger partial charge in [0.05, 0.1) is 24.9 Å². The van der Waals surface area contributed by atoms with Crippen LogP contribution >= 0.6 is 15.9 Å². The number of aromatic nitrogens is 2. The third-order valence-electron chi connectivity index (χ3n) is 1.36. The molecule has 0 N–H and O–H groups in total. The molecule has 1 rings (SSSR count). The van der Waals surface area contributed by atoms with Gasteiger partial charge in [0.15, 0.2) is 0 Å². The summed E-state index contributed by atoms with van der Waals surface area (Å²) in [6, 6.07) is 1.74. The summed E-state index contributed by atoms with van der Waals surface area (Å²) in [6.07, 6.45) is 1.71. The van der Waals surface area contributed by atoms with Gasteiger partial charge in [0.1, 0.15) is 0 Å². The maximum absolute atomic E-state index is 11.1. The van der Waals surface area contributed by atoms with Crippen molar-refractivity contribution in [3.05, 3.63) is 22.4 Å². The number of ether oxygens (including phenoxy) is 1. The Morgan fingerprint density at radius 3 is 3.08 bits per heavy atom. The van der Waals surface area contributed by atoms with Crippen LogP contribution in [0, 0.1) is 0 Å². The van der Waals surface area contributed by atoms with E-state index < -0.39 is 0 Å². The first-order valence-corrected chi connectivity index (χ1v) is 4.65. The number of halogens is 1. The van der Waals surface area contributed by atoms with Crippen molar-refractivity contribution in [2.45, 2.75) is 13.3 Å². The molecule has 0 radical (unpaired) electrons. The van der Waals surface area contributed by atoms with Crippen LogP contribution in [0.25, 0.3) is 0 Å². The van der Waals surface area contributed by atoms with Crippen LogP contribution in [0.5, 0.6) is 0 Å². The Labute approximate surface area is 84.4 Å². The van der Waals surface area contributed by atoms with E-state index in [4.69, 9.17) is 4.74 Å². The number of hydrogen-bond acceptors (Lipinski definition) is 4. The van der Waals surface area contributed by atoms with E-state index in [1.54, 1.807) is 19.2 Å². The number of nitrogens with zero attached hydrogens (tertiary/aromatic N) is 2. The van der Waals surface area contributed by atoms with Gasteiger partial charge in [-0.2, -0.15) is 10.2 Å². The molecular weight excluding hydrogens is 236 g/mol. The molecule has 1 aromatic heterocycles. The van der Waals surface area contributed by atoms with Gasteiger partial charge in [-0.3, -0.25) is 4.79 Å². The molecular formula is C8H9BrN2O2. The summed E-state index contributed by atoms with van der Waals surface area (Å²) in [7, 11) is 0. The highest BCUT2D eigenvalue weighted by Gasteiger charge is 2.08. The average Bonchev–Trinajstić information content (AvgIpc) is 2.09. The summed E-state index contributed by atoms with van der Waals surface area (Å²) in [4.78, 5) is 11.1. The molecule has 0 aliphatic rings. The second-order valence-corrected chi connectivity index (χ2v) is 3.16. The van der Waals surface area contributed by atoms with E-state index in [0.29, 0.717) is 12.3 Å². The fourth-order valence-electron chi connectivity index (χ4n) is 0.814. The Balaban J connectivity index is 2.63. The Bertz CT molecular complexity index is 304. The minimum Gasteiger partial charge on any atom is -0.466 e. The molecule has 0 saturated carbocycles. The molecule has 13 heavy (non-hydrogen) atoms. The Kier molecular flexibility index (Phi) is 3.82. The normalized spacial score (nSPS) is 9.69. The van der Waals surface area contributed by atoms with Crippen LogP contribution in [-0.4, -0.2) is 22.8 Å². The fourth-order valence-corrected chi connectivity index (χ4v) is 1.15. The Hall–Kier alpha value is -0.970. The summed E-state index contributed by atoms with van der Waals surface area (Å²) < 4.78 is 5.55. The molecule has 0 saturated heterocycles. The molecule has 0 aromatic carbocycles. The lowest BCUT2D eigenvalue weighted by molar-refractivity contribution is -0.142. The topological polar surface area (TPSA) is 52.1 Å². The summed E-state index contributed by atoms with van der Waals surface area (Å²) >= 11 is 3.27. The molecule has 0 aliphatic heterocycles. The van der Waals surface area contributed by atoms with E-state index in [2.05, 4.69) is 26.1 Å². The van der Waals surface area contributed by atoms with E-state index >= 15 is 0 Å². The number of carbonyl (C=O) groups is 1. The molecule has 0 amide bonds. The quantitative estimate of drug-likeness (QED) is 0.754. The summed E-state index contributed by atoms with van der Waals surface area (Å²) in [5.74, 6) is -0.288. The molecule has 0 fully saturated rings. The van der Waals surface area contributed by atoms with E-state index in [9.17, 15) is 4.79 Å². The second-order valence-electron chi connectivity index (χ2n) is 2.31. The van der Waals surface area contributed by atoms with Crippen LogP contribution in [0.4, 0.5) is 0 Å². The zero-order valence-electron chi connectivity index (χ0n) is 7.16. The number of hydrogen-bond donors (Lipinski definition) is 0. The SMILES string of the molecule is CCOC(=O)Cc1nnccc1Br. The van der Waals surface area contributed by atoms with Crippen molar-refractivity contribution in [3.63, 3.8) is 0 Å². The molecule has 0 atom stereocenters. The standard InChI is InChI=1S/C8H9BrN2O2/c1-2-13-8(12)5-7-6(9)3-4-10-11-7/h3-4H,2,5H2,1H3. The van der Waals surface area contributed by atoms with Gasteiger partial charge in [-0.15, -0.1) is 0 Å². The lowest BCUT2D eigenvalue weighted by atomic mass is 10.3. The van der Waals surface area contributed by atoms with Crippen molar-refractivity contribution >= 4 is 21.9 Å². The zero-order chi connectivity index (χ0) is 9.68. The van der Waals surface area contributed by atoms with Crippen LogP contribution in [0.3, 0.4) is 0 Å². The molecule has 0 aliphatic carbocycles. The first-order chi connectivity index (χ1) is 6.24. The molecule has 4 nitrogen and oxygen atoms in total. The molecule has 1 heterocycles. The van der Waals surface area contributed by atoms with E-state index in [0.717, 1.165) is 4.47 Å². The summed E-state index contributed by atoms with van der Waals surface area (Å²) in [6.45, 7) is 2.15. The first kappa shape index (κ1) is 10.1. The van der Waals surface area contributed by atoms with Gasteiger partial charge in [-0.1, -0.05) is 0 Å². The second kappa shape index (κ2) is 4.91. The maximum Gasteiger partial charge on any atom is 0.311 e. The summed E-state index contributed by atoms with van der Waals surface area (Å²) in [5, 5.41) is 7.47. The van der Waals surface area contributed by atoms with Gasteiger partial charge < -0.3 is 4.74 Å². The van der Waals surface area contributed by atoms with Crippen molar-refractivity contribution in [1.29, 1.82) is 0 Å². The average molecular weight is 245 g/mol. The van der Waals surface area contributed by atoms with Gasteiger partial charge in [-0.05, 0) is 28.9 Å². The highest BCUT2D eigenvalue weighted by molar-refractivity contribution is 9.10. The predicted octanol–water partition coefficient (Wildman–Crippen LogP) is 1.34. The molecule has 0 bridgehead atoms. The maximum atomic E-state index is 11.1. The monoisotopic (exact) mass is 244 g/mol. The van der Waals surface area contributed by atoms with Gasteiger partial charge >= 0.3 is 5.97 Å². The molecule has 5 heteroatoms. The van der Waals surface area contributed by atoms with E-state index in [-0.39, 0.29) is 12.4 Å². The minimum atomic E-state index is -0.288. The lowest BCUT2D eigenvalue weighted by Crippen LogP contribution is -2.09. The highest BCUT2D eigenvalue weighted by atomic mass is 79.9. The third-order valence-corrected chi connectivity index (χ3v) is 2.08. The van der Waals surface area contributed by atoms with Crippen molar-refractivity contribution in [2.75, 3.05) is 6.61 Å². The van der Waals surface area contributed by atoms with Crippen molar-refractivity contribution in [1.82, 2.24) is 10.2 Å². The smallest absolute Gasteiger partial charge is 0.311 e. The molecule has 70 valence electrons. The third kappa shape index (κ3) is 3.10. The van der Waals surface area contributed by atoms with Crippen LogP contribution in [0.2, 0.25) is 0 Å². The number of esters is 1. The first-order valence-electron chi connectivity index (χ1n) is 3.85. The van der Waals surface area contributed by atoms with Crippen LogP contribution in [0.1, 0.15) is 12.6 Å². The van der Waals surface area contributed by atoms with Crippen LogP contribution in [0.15, 0.2) is 16.7 Å². The van der Waals surface area contributed by atoms with Gasteiger partial charge in [-0.25, -0.2) is 0 Å². The lowest BCUT2D eigenvalue weighted by Gasteiger charge is -2.01. The fraction of sp³-hybridized carbons (Fsp3) is 0.375. The predicted molar refractivity (Wildman–Crippen MR) is 50.1 cm³/mol. The molecule has 0 spiro atoms. The zero-order valence-corrected chi connectivity index (χ0v) is 8.74. The van der Waals surface area contributed by atoms with Crippen LogP contribution in [-0.2, 0) is 16.0 Å². The van der Waals surface area contributed by atoms with Gasteiger partial charge in [0, 0.05) is 4.47 Å². The highest BCUT2D eigenvalue weighted by Crippen LogP contribution is 2.12. The Morgan fingerprint density at radius 1 is 1.69 bits per heavy atom. The van der Waals surface area contributed by atoms with Crippen LogP contribution < -0.4 is 0 Å². The van der Waals surface area contributed by atoms with Crippen molar-refractivity contribution in [2.24, 2.45) is 0 Å². The van der Waals surface area contributed by atoms with Gasteiger partial charge in [0.25, 0.3) is 0 Å². The summed E-state index contributed by atoms with van der Waals surface area (Å²) in [5.41, 5.74) is 0.598. The van der Waals surface area contributed by atoms with Crippen molar-refractivity contribution in [3.8, 4) is 0 Å². The van der Waals surface area contributed by atoms with Gasteiger partial charge in [0.2, 0.25) is 0 Å². The number of carbonyl (C=O) groups excluding carboxylic acids is 1. The van der Waals surface area contributed by atoms with E-state index in [1.807, 2.05) is 0 Å². The minimum absolute atomic E-state index is 0.155. The molecule has 0 unspecified atom stereocenters. The largest absolute Gasteiger partial charge is 0.466 e.